The molecular weight excluding hydrogens is 353 g/mol. The van der Waals surface area contributed by atoms with E-state index in [-0.39, 0.29) is 15.7 Å². The Kier molecular flexibility index (Phi) is 4.60. The Bertz CT molecular complexity index is 852. The van der Waals surface area contributed by atoms with E-state index < -0.39 is 20.7 Å². The maximum atomic E-state index is 12.2. The van der Waals surface area contributed by atoms with Crippen LogP contribution < -0.4 is 4.18 Å². The van der Waals surface area contributed by atoms with Crippen LogP contribution in [0, 0.1) is 17.0 Å². The van der Waals surface area contributed by atoms with Crippen molar-refractivity contribution in [2.24, 2.45) is 0 Å². The predicted molar refractivity (Wildman–Crippen MR) is 82.1 cm³/mol. The van der Waals surface area contributed by atoms with Crippen LogP contribution in [-0.2, 0) is 10.1 Å². The third-order valence-corrected chi connectivity index (χ3v) is 4.72. The summed E-state index contributed by atoms with van der Waals surface area (Å²) in [5, 5.41) is 11.0. The summed E-state index contributed by atoms with van der Waals surface area (Å²) in [5.41, 5.74) is 0.238. The molecule has 0 saturated heterocycles. The minimum atomic E-state index is -4.24. The molecular formula is C13H9Cl2NO5S. The Hall–Kier alpha value is -1.83. The number of hydrogen-bond acceptors (Lipinski definition) is 5. The summed E-state index contributed by atoms with van der Waals surface area (Å²) in [6.45, 7) is 1.75. The zero-order chi connectivity index (χ0) is 16.5. The van der Waals surface area contributed by atoms with Crippen LogP contribution in [0.3, 0.4) is 0 Å². The Labute approximate surface area is 136 Å². The maximum absolute atomic E-state index is 12.2. The molecule has 0 aliphatic rings. The minimum Gasteiger partial charge on any atom is -0.379 e. The Balaban J connectivity index is 2.40. The molecule has 0 bridgehead atoms. The van der Waals surface area contributed by atoms with Crippen LogP contribution in [0.25, 0.3) is 0 Å². The van der Waals surface area contributed by atoms with Gasteiger partial charge in [0.2, 0.25) is 0 Å². The number of aryl methyl sites for hydroxylation is 1. The molecule has 0 amide bonds. The van der Waals surface area contributed by atoms with Crippen LogP contribution in [0.5, 0.6) is 5.75 Å². The van der Waals surface area contributed by atoms with Gasteiger partial charge in [0.1, 0.15) is 15.7 Å². The standard InChI is InChI=1S/C13H9Cl2NO5S/c1-8-2-3-9(6-12(8)15)21-22(19,20)10-4-5-11(14)13(7-10)16(17)18/h2-7H,1H3. The summed E-state index contributed by atoms with van der Waals surface area (Å²) in [6, 6.07) is 7.46. The minimum absolute atomic E-state index is 0.00760. The average Bonchev–Trinajstić information content (AvgIpc) is 2.42. The van der Waals surface area contributed by atoms with E-state index in [4.69, 9.17) is 27.4 Å². The van der Waals surface area contributed by atoms with Gasteiger partial charge in [0.05, 0.1) is 4.92 Å². The smallest absolute Gasteiger partial charge is 0.339 e. The van der Waals surface area contributed by atoms with Crippen LogP contribution >= 0.6 is 23.2 Å². The molecule has 9 heteroatoms. The van der Waals surface area contributed by atoms with E-state index in [1.165, 1.54) is 12.1 Å². The first kappa shape index (κ1) is 16.5. The summed E-state index contributed by atoms with van der Waals surface area (Å²) in [4.78, 5) is 9.66. The number of nitro groups is 1. The van der Waals surface area contributed by atoms with Gasteiger partial charge in [-0.25, -0.2) is 0 Å². The molecule has 2 aromatic rings. The first-order chi connectivity index (χ1) is 10.2. The highest BCUT2D eigenvalue weighted by atomic mass is 35.5. The molecule has 0 fully saturated rings. The van der Waals surface area contributed by atoms with Gasteiger partial charge in [-0.3, -0.25) is 10.1 Å². The molecule has 0 saturated carbocycles. The molecule has 0 atom stereocenters. The van der Waals surface area contributed by atoms with Crippen molar-refractivity contribution in [2.45, 2.75) is 11.8 Å². The molecule has 6 nitrogen and oxygen atoms in total. The molecule has 0 heterocycles. The zero-order valence-electron chi connectivity index (χ0n) is 11.1. The average molecular weight is 362 g/mol. The number of hydrogen-bond donors (Lipinski definition) is 0. The van der Waals surface area contributed by atoms with Crippen LogP contribution in [-0.4, -0.2) is 13.3 Å². The molecule has 0 spiro atoms. The number of nitrogens with zero attached hydrogens (tertiary/aromatic N) is 1. The highest BCUT2D eigenvalue weighted by Gasteiger charge is 2.22. The molecule has 0 aromatic heterocycles. The summed E-state index contributed by atoms with van der Waals surface area (Å²) < 4.78 is 29.2. The highest BCUT2D eigenvalue weighted by molar-refractivity contribution is 7.87. The molecule has 0 aliphatic carbocycles. The van der Waals surface area contributed by atoms with Crippen LogP contribution in [0.15, 0.2) is 41.3 Å². The van der Waals surface area contributed by atoms with Gasteiger partial charge in [-0.1, -0.05) is 29.3 Å². The fourth-order valence-electron chi connectivity index (χ4n) is 1.59. The van der Waals surface area contributed by atoms with Crippen LogP contribution in [0.2, 0.25) is 10.0 Å². The van der Waals surface area contributed by atoms with Gasteiger partial charge in [0, 0.05) is 17.2 Å². The van der Waals surface area contributed by atoms with E-state index in [9.17, 15) is 18.5 Å². The zero-order valence-corrected chi connectivity index (χ0v) is 13.4. The number of rotatable bonds is 4. The monoisotopic (exact) mass is 361 g/mol. The number of nitro benzene ring substituents is 1. The third kappa shape index (κ3) is 3.49. The first-order valence-electron chi connectivity index (χ1n) is 5.85. The van der Waals surface area contributed by atoms with Crippen molar-refractivity contribution >= 4 is 39.0 Å². The van der Waals surface area contributed by atoms with Crippen LogP contribution in [0.1, 0.15) is 5.56 Å². The lowest BCUT2D eigenvalue weighted by molar-refractivity contribution is -0.384. The van der Waals surface area contributed by atoms with Gasteiger partial charge in [-0.05, 0) is 30.7 Å². The van der Waals surface area contributed by atoms with Gasteiger partial charge >= 0.3 is 10.1 Å². The first-order valence-corrected chi connectivity index (χ1v) is 8.02. The van der Waals surface area contributed by atoms with Crippen molar-refractivity contribution in [1.82, 2.24) is 0 Å². The molecule has 2 aromatic carbocycles. The summed E-state index contributed by atoms with van der Waals surface area (Å²) in [5.74, 6) is 0.00760. The summed E-state index contributed by atoms with van der Waals surface area (Å²) >= 11 is 11.5. The molecule has 0 radical (unpaired) electrons. The van der Waals surface area contributed by atoms with Crippen molar-refractivity contribution in [3.05, 3.63) is 62.1 Å². The lowest BCUT2D eigenvalue weighted by Crippen LogP contribution is -2.10. The predicted octanol–water partition coefficient (Wildman–Crippen LogP) is 3.98. The quantitative estimate of drug-likeness (QED) is 0.467. The SMILES string of the molecule is Cc1ccc(OS(=O)(=O)c2ccc(Cl)c([N+](=O)[O-])c2)cc1Cl. The Morgan fingerprint density at radius 2 is 1.77 bits per heavy atom. The molecule has 2 rings (SSSR count). The Morgan fingerprint density at radius 1 is 1.09 bits per heavy atom. The van der Waals surface area contributed by atoms with Gasteiger partial charge in [0.25, 0.3) is 5.69 Å². The lowest BCUT2D eigenvalue weighted by Gasteiger charge is -2.08. The van der Waals surface area contributed by atoms with Crippen molar-refractivity contribution in [3.8, 4) is 5.75 Å². The van der Waals surface area contributed by atoms with E-state index in [0.29, 0.717) is 5.02 Å². The second-order valence-corrected chi connectivity index (χ2v) is 6.68. The largest absolute Gasteiger partial charge is 0.379 e. The van der Waals surface area contributed by atoms with E-state index in [1.807, 2.05) is 0 Å². The second-order valence-electron chi connectivity index (χ2n) is 4.32. The van der Waals surface area contributed by atoms with Crippen molar-refractivity contribution in [2.75, 3.05) is 0 Å². The van der Waals surface area contributed by atoms with Gasteiger partial charge < -0.3 is 4.18 Å². The third-order valence-electron chi connectivity index (χ3n) is 2.75. The van der Waals surface area contributed by atoms with Gasteiger partial charge in [-0.2, -0.15) is 8.42 Å². The number of benzene rings is 2. The van der Waals surface area contributed by atoms with Crippen molar-refractivity contribution in [1.29, 1.82) is 0 Å². The molecule has 0 aliphatic heterocycles. The Morgan fingerprint density at radius 3 is 2.36 bits per heavy atom. The summed E-state index contributed by atoms with van der Waals surface area (Å²) in [6.07, 6.45) is 0. The second kappa shape index (κ2) is 6.12. The molecule has 0 unspecified atom stereocenters. The fourth-order valence-corrected chi connectivity index (χ4v) is 2.89. The van der Waals surface area contributed by atoms with E-state index >= 15 is 0 Å². The normalized spacial score (nSPS) is 11.2. The summed E-state index contributed by atoms with van der Waals surface area (Å²) in [7, 11) is -4.24. The van der Waals surface area contributed by atoms with Crippen molar-refractivity contribution < 1.29 is 17.5 Å². The lowest BCUT2D eigenvalue weighted by atomic mass is 10.2. The number of halogens is 2. The van der Waals surface area contributed by atoms with Gasteiger partial charge in [-0.15, -0.1) is 0 Å². The van der Waals surface area contributed by atoms with E-state index in [2.05, 4.69) is 0 Å². The van der Waals surface area contributed by atoms with Crippen molar-refractivity contribution in [3.63, 3.8) is 0 Å². The highest BCUT2D eigenvalue weighted by Crippen LogP contribution is 2.29. The molecule has 0 N–H and O–H groups in total. The molecule has 116 valence electrons. The fraction of sp³-hybridized carbons (Fsp3) is 0.0769. The van der Waals surface area contributed by atoms with Gasteiger partial charge in [0.15, 0.2) is 0 Å². The van der Waals surface area contributed by atoms with E-state index in [0.717, 1.165) is 23.8 Å². The maximum Gasteiger partial charge on any atom is 0.339 e. The molecule has 22 heavy (non-hydrogen) atoms. The van der Waals surface area contributed by atoms with E-state index in [1.54, 1.807) is 13.0 Å². The topological polar surface area (TPSA) is 86.5 Å². The van der Waals surface area contributed by atoms with Crippen LogP contribution in [0.4, 0.5) is 5.69 Å².